The summed E-state index contributed by atoms with van der Waals surface area (Å²) in [6.45, 7) is 3.68. The van der Waals surface area contributed by atoms with Gasteiger partial charge in [0.05, 0.1) is 0 Å². The molecule has 1 aliphatic carbocycles. The van der Waals surface area contributed by atoms with Crippen LogP contribution in [-0.4, -0.2) is 24.7 Å². The van der Waals surface area contributed by atoms with Gasteiger partial charge < -0.3 is 15.8 Å². The van der Waals surface area contributed by atoms with Crippen molar-refractivity contribution in [1.82, 2.24) is 0 Å². The molecule has 4 nitrogen and oxygen atoms in total. The summed E-state index contributed by atoms with van der Waals surface area (Å²) in [6, 6.07) is 6.83. The van der Waals surface area contributed by atoms with E-state index >= 15 is 0 Å². The molecule has 4 heteroatoms. The van der Waals surface area contributed by atoms with Crippen LogP contribution >= 0.6 is 0 Å². The number of fused-ring (bicyclic) bond motifs is 1. The van der Waals surface area contributed by atoms with Gasteiger partial charge in [-0.1, -0.05) is 12.1 Å². The minimum absolute atomic E-state index is 0.122. The first-order valence-corrected chi connectivity index (χ1v) is 6.55. The summed E-state index contributed by atoms with van der Waals surface area (Å²) in [5, 5.41) is 3.43. The third kappa shape index (κ3) is 1.82. The minimum Gasteiger partial charge on any atom is -0.463 e. The number of hydrogen-bond acceptors (Lipinski definition) is 4. The van der Waals surface area contributed by atoms with Crippen LogP contribution in [0.2, 0.25) is 0 Å². The molecule has 3 rings (SSSR count). The molecule has 0 aromatic heterocycles. The lowest BCUT2D eigenvalue weighted by Crippen LogP contribution is -2.36. The Morgan fingerprint density at radius 2 is 2.39 bits per heavy atom. The first-order chi connectivity index (χ1) is 8.72. The number of amidine groups is 1. The smallest absolute Gasteiger partial charge is 0.282 e. The predicted molar refractivity (Wildman–Crippen MR) is 72.9 cm³/mol. The van der Waals surface area contributed by atoms with Gasteiger partial charge in [-0.15, -0.1) is 0 Å². The zero-order chi connectivity index (χ0) is 12.6. The molecule has 1 aromatic rings. The van der Waals surface area contributed by atoms with Gasteiger partial charge in [-0.05, 0) is 37.0 Å². The molecule has 1 aliphatic heterocycles. The predicted octanol–water partition coefficient (Wildman–Crippen LogP) is 1.69. The highest BCUT2D eigenvalue weighted by Crippen LogP contribution is 2.37. The Kier molecular flexibility index (Phi) is 2.65. The van der Waals surface area contributed by atoms with Crippen molar-refractivity contribution >= 4 is 11.7 Å². The summed E-state index contributed by atoms with van der Waals surface area (Å²) in [5.74, 6) is 0. The number of ether oxygens (including phenoxy) is 1. The van der Waals surface area contributed by atoms with Gasteiger partial charge in [0, 0.05) is 18.7 Å². The van der Waals surface area contributed by atoms with E-state index in [1.54, 1.807) is 0 Å². The molecule has 0 saturated heterocycles. The second-order valence-corrected chi connectivity index (χ2v) is 5.11. The van der Waals surface area contributed by atoms with Gasteiger partial charge >= 0.3 is 0 Å². The monoisotopic (exact) mass is 245 g/mol. The highest BCUT2D eigenvalue weighted by molar-refractivity contribution is 5.74. The Hall–Kier alpha value is -1.71. The highest BCUT2D eigenvalue weighted by atomic mass is 16.5. The van der Waals surface area contributed by atoms with E-state index in [1.807, 2.05) is 0 Å². The van der Waals surface area contributed by atoms with E-state index in [9.17, 15) is 0 Å². The van der Waals surface area contributed by atoms with Crippen molar-refractivity contribution in [2.45, 2.75) is 31.7 Å². The van der Waals surface area contributed by atoms with E-state index in [0.29, 0.717) is 12.6 Å². The second kappa shape index (κ2) is 4.19. The van der Waals surface area contributed by atoms with Crippen molar-refractivity contribution in [2.75, 3.05) is 18.5 Å². The molecule has 0 radical (unpaired) electrons. The zero-order valence-corrected chi connectivity index (χ0v) is 10.7. The molecular formula is C14H19N3O. The fraction of sp³-hybridized carbons (Fsp3) is 0.500. The summed E-state index contributed by atoms with van der Waals surface area (Å²) in [5.41, 5.74) is 9.59. The van der Waals surface area contributed by atoms with Crippen molar-refractivity contribution in [3.63, 3.8) is 0 Å². The van der Waals surface area contributed by atoms with Gasteiger partial charge in [0.15, 0.2) is 0 Å². The Labute approximate surface area is 107 Å². The van der Waals surface area contributed by atoms with E-state index in [0.717, 1.165) is 25.8 Å². The lowest BCUT2D eigenvalue weighted by molar-refractivity contribution is 0.235. The molecule has 0 saturated carbocycles. The number of aryl methyl sites for hydroxylation is 1. The van der Waals surface area contributed by atoms with Crippen LogP contribution in [0.15, 0.2) is 23.2 Å². The van der Waals surface area contributed by atoms with Crippen molar-refractivity contribution in [1.29, 1.82) is 0 Å². The summed E-state index contributed by atoms with van der Waals surface area (Å²) in [6.07, 6.45) is 3.00. The molecule has 1 atom stereocenters. The highest BCUT2D eigenvalue weighted by Gasteiger charge is 2.39. The molecule has 18 heavy (non-hydrogen) atoms. The molecule has 96 valence electrons. The van der Waals surface area contributed by atoms with Crippen LogP contribution in [-0.2, 0) is 17.6 Å². The lowest BCUT2D eigenvalue weighted by Gasteiger charge is -2.31. The summed E-state index contributed by atoms with van der Waals surface area (Å²) >= 11 is 0. The molecule has 0 bridgehead atoms. The average Bonchev–Trinajstić information content (AvgIpc) is 2.72. The Morgan fingerprint density at radius 1 is 1.50 bits per heavy atom. The van der Waals surface area contributed by atoms with E-state index in [-0.39, 0.29) is 5.54 Å². The van der Waals surface area contributed by atoms with Gasteiger partial charge in [0.25, 0.3) is 6.02 Å². The van der Waals surface area contributed by atoms with Gasteiger partial charge in [-0.3, -0.25) is 0 Å². The average molecular weight is 245 g/mol. The van der Waals surface area contributed by atoms with Crippen LogP contribution in [0.25, 0.3) is 0 Å². The van der Waals surface area contributed by atoms with Gasteiger partial charge in [0.1, 0.15) is 12.1 Å². The van der Waals surface area contributed by atoms with Crippen molar-refractivity contribution in [3.8, 4) is 0 Å². The van der Waals surface area contributed by atoms with Gasteiger partial charge in [0.2, 0.25) is 0 Å². The Bertz CT molecular complexity index is 498. The zero-order valence-electron chi connectivity index (χ0n) is 10.7. The van der Waals surface area contributed by atoms with E-state index in [2.05, 4.69) is 35.4 Å². The van der Waals surface area contributed by atoms with Gasteiger partial charge in [-0.25, -0.2) is 4.99 Å². The standard InChI is InChI=1S/C14H19N3O/c1-2-16-12-5-3-4-10-6-7-14(8-11(10)12)9-18-13(15)17-14/h3-5,16H,2,6-9H2,1H3,(H2,15,17). The molecule has 1 heterocycles. The molecular weight excluding hydrogens is 226 g/mol. The normalized spacial score (nSPS) is 25.5. The van der Waals surface area contributed by atoms with Crippen LogP contribution < -0.4 is 11.1 Å². The molecule has 1 unspecified atom stereocenters. The third-order valence-electron chi connectivity index (χ3n) is 3.84. The number of aliphatic imine (C=N–C) groups is 1. The SMILES string of the molecule is CCNc1cccc2c1CC1(CC2)COC(N)=N1. The van der Waals surface area contributed by atoms with E-state index < -0.39 is 0 Å². The molecule has 2 aliphatic rings. The van der Waals surface area contributed by atoms with Crippen molar-refractivity contribution in [3.05, 3.63) is 29.3 Å². The van der Waals surface area contributed by atoms with Crippen LogP contribution in [0.3, 0.4) is 0 Å². The molecule has 0 amide bonds. The van der Waals surface area contributed by atoms with Crippen LogP contribution in [0.1, 0.15) is 24.5 Å². The minimum atomic E-state index is -0.122. The fourth-order valence-corrected chi connectivity index (χ4v) is 2.94. The Balaban J connectivity index is 1.96. The third-order valence-corrected chi connectivity index (χ3v) is 3.84. The number of rotatable bonds is 2. The lowest BCUT2D eigenvalue weighted by atomic mass is 9.78. The summed E-state index contributed by atoms with van der Waals surface area (Å²) in [4.78, 5) is 4.52. The van der Waals surface area contributed by atoms with Crippen molar-refractivity contribution < 1.29 is 4.74 Å². The maximum absolute atomic E-state index is 5.67. The van der Waals surface area contributed by atoms with Crippen LogP contribution in [0, 0.1) is 0 Å². The number of benzene rings is 1. The molecule has 3 N–H and O–H groups in total. The first kappa shape index (κ1) is 11.4. The fourth-order valence-electron chi connectivity index (χ4n) is 2.94. The second-order valence-electron chi connectivity index (χ2n) is 5.11. The number of nitrogens with two attached hydrogens (primary N) is 1. The van der Waals surface area contributed by atoms with E-state index in [1.165, 1.54) is 16.8 Å². The van der Waals surface area contributed by atoms with Crippen molar-refractivity contribution in [2.24, 2.45) is 10.7 Å². The molecule has 0 fully saturated rings. The Morgan fingerprint density at radius 3 is 3.11 bits per heavy atom. The number of anilines is 1. The summed E-state index contributed by atoms with van der Waals surface area (Å²) < 4.78 is 5.37. The molecule has 1 aromatic carbocycles. The molecule has 1 spiro atoms. The first-order valence-electron chi connectivity index (χ1n) is 6.55. The van der Waals surface area contributed by atoms with Crippen LogP contribution in [0.5, 0.6) is 0 Å². The maximum Gasteiger partial charge on any atom is 0.282 e. The number of hydrogen-bond donors (Lipinski definition) is 2. The van der Waals surface area contributed by atoms with E-state index in [4.69, 9.17) is 10.5 Å². The number of nitrogens with one attached hydrogen (secondary N) is 1. The largest absolute Gasteiger partial charge is 0.463 e. The van der Waals surface area contributed by atoms with Crippen LogP contribution in [0.4, 0.5) is 5.69 Å². The summed E-state index contributed by atoms with van der Waals surface area (Å²) in [7, 11) is 0. The number of nitrogens with zero attached hydrogens (tertiary/aromatic N) is 1. The maximum atomic E-state index is 5.67. The quantitative estimate of drug-likeness (QED) is 0.833. The topological polar surface area (TPSA) is 59.6 Å². The van der Waals surface area contributed by atoms with Gasteiger partial charge in [-0.2, -0.15) is 0 Å².